The van der Waals surface area contributed by atoms with Crippen LogP contribution in [-0.4, -0.2) is 57.5 Å². The summed E-state index contributed by atoms with van der Waals surface area (Å²) in [7, 11) is 0. The van der Waals surface area contributed by atoms with Gasteiger partial charge in [0.2, 0.25) is 11.9 Å². The zero-order valence-electron chi connectivity index (χ0n) is 23.4. The standard InChI is InChI=1S/C31H26F4N6O4/c32-23-7-1-19(2-8-23)15-28(43)37-24-9-3-20(4-10-24)22-6-12-27-39-30(40-41(27)17-22)38-25-11-5-21(29(44)36-13-14-42)16-26(25)45-18-31(33,34)35/h1-12,16-17,42H,13-15,18H2,(H,36,44)(H,37,43)(H,38,40). The van der Waals surface area contributed by atoms with E-state index in [4.69, 9.17) is 9.84 Å². The highest BCUT2D eigenvalue weighted by molar-refractivity contribution is 5.95. The van der Waals surface area contributed by atoms with Crippen molar-refractivity contribution in [2.24, 2.45) is 0 Å². The lowest BCUT2D eigenvalue weighted by Crippen LogP contribution is -2.26. The molecule has 45 heavy (non-hydrogen) atoms. The maximum atomic E-state index is 13.1. The summed E-state index contributed by atoms with van der Waals surface area (Å²) in [4.78, 5) is 29.0. The maximum Gasteiger partial charge on any atom is 0.422 e. The SMILES string of the molecule is O=C(Cc1ccc(F)cc1)Nc1ccc(-c2ccc3nc(Nc4ccc(C(=O)NCCO)cc4OCC(F)(F)F)nn3c2)cc1. The molecule has 0 saturated heterocycles. The second-order valence-corrected chi connectivity index (χ2v) is 9.80. The molecule has 0 aliphatic rings. The van der Waals surface area contributed by atoms with Crippen molar-refractivity contribution < 1.29 is 37.0 Å². The number of rotatable bonds is 11. The van der Waals surface area contributed by atoms with E-state index in [1.165, 1.54) is 28.8 Å². The fraction of sp³-hybridized carbons (Fsp3) is 0.161. The summed E-state index contributed by atoms with van der Waals surface area (Å²) in [6.45, 7) is -1.90. The number of halogens is 4. The fourth-order valence-electron chi connectivity index (χ4n) is 4.28. The molecule has 10 nitrogen and oxygen atoms in total. The van der Waals surface area contributed by atoms with Gasteiger partial charge in [-0.3, -0.25) is 9.59 Å². The lowest BCUT2D eigenvalue weighted by atomic mass is 10.1. The average Bonchev–Trinajstić information content (AvgIpc) is 3.42. The Hall–Kier alpha value is -5.50. The zero-order valence-corrected chi connectivity index (χ0v) is 23.4. The first-order valence-electron chi connectivity index (χ1n) is 13.6. The van der Waals surface area contributed by atoms with Crippen molar-refractivity contribution in [1.29, 1.82) is 0 Å². The van der Waals surface area contributed by atoms with Gasteiger partial charge in [0.1, 0.15) is 11.6 Å². The highest BCUT2D eigenvalue weighted by atomic mass is 19.4. The molecule has 0 aliphatic carbocycles. The summed E-state index contributed by atoms with van der Waals surface area (Å²) in [5.41, 5.74) is 3.45. The van der Waals surface area contributed by atoms with Crippen LogP contribution in [0.4, 0.5) is 34.9 Å². The maximum absolute atomic E-state index is 13.1. The van der Waals surface area contributed by atoms with Crippen LogP contribution in [0, 0.1) is 5.82 Å². The van der Waals surface area contributed by atoms with E-state index in [2.05, 4.69) is 26.0 Å². The van der Waals surface area contributed by atoms with E-state index in [9.17, 15) is 27.2 Å². The molecule has 0 spiro atoms. The Morgan fingerprint density at radius 3 is 2.38 bits per heavy atom. The number of nitrogens with one attached hydrogen (secondary N) is 3. The summed E-state index contributed by atoms with van der Waals surface area (Å²) < 4.78 is 58.3. The van der Waals surface area contributed by atoms with Crippen molar-refractivity contribution in [2.45, 2.75) is 12.6 Å². The van der Waals surface area contributed by atoms with Gasteiger partial charge in [0, 0.05) is 29.6 Å². The van der Waals surface area contributed by atoms with Crippen molar-refractivity contribution >= 4 is 34.8 Å². The molecule has 0 fully saturated rings. The molecule has 0 saturated carbocycles. The van der Waals surface area contributed by atoms with Gasteiger partial charge in [-0.15, -0.1) is 5.10 Å². The van der Waals surface area contributed by atoms with Crippen LogP contribution in [0.2, 0.25) is 0 Å². The second-order valence-electron chi connectivity index (χ2n) is 9.80. The summed E-state index contributed by atoms with van der Waals surface area (Å²) in [5.74, 6) is -1.38. The number of benzene rings is 3. The number of hydrogen-bond acceptors (Lipinski definition) is 7. The van der Waals surface area contributed by atoms with Crippen LogP contribution in [0.5, 0.6) is 5.75 Å². The van der Waals surface area contributed by atoms with E-state index < -0.39 is 18.7 Å². The molecule has 5 rings (SSSR count). The molecule has 2 amide bonds. The lowest BCUT2D eigenvalue weighted by molar-refractivity contribution is -0.153. The summed E-state index contributed by atoms with van der Waals surface area (Å²) >= 11 is 0. The van der Waals surface area contributed by atoms with Crippen LogP contribution in [0.3, 0.4) is 0 Å². The van der Waals surface area contributed by atoms with Gasteiger partial charge >= 0.3 is 6.18 Å². The minimum atomic E-state index is -4.61. The molecule has 3 aromatic carbocycles. The number of aromatic nitrogens is 3. The van der Waals surface area contributed by atoms with Crippen LogP contribution in [0.15, 0.2) is 85.1 Å². The average molecular weight is 623 g/mol. The first-order chi connectivity index (χ1) is 21.6. The Bertz CT molecular complexity index is 1810. The first kappa shape index (κ1) is 30.9. The smallest absolute Gasteiger partial charge is 0.422 e. The van der Waals surface area contributed by atoms with Gasteiger partial charge in [0.25, 0.3) is 5.91 Å². The molecule has 0 aliphatic heterocycles. The quantitative estimate of drug-likeness (QED) is 0.151. The van der Waals surface area contributed by atoms with Crippen molar-refractivity contribution in [3.63, 3.8) is 0 Å². The number of amides is 2. The van der Waals surface area contributed by atoms with E-state index in [0.717, 1.165) is 17.2 Å². The normalized spacial score (nSPS) is 11.3. The van der Waals surface area contributed by atoms with E-state index in [-0.39, 0.29) is 54.2 Å². The number of nitrogens with zero attached hydrogens (tertiary/aromatic N) is 3. The van der Waals surface area contributed by atoms with Gasteiger partial charge in [-0.25, -0.2) is 8.91 Å². The van der Waals surface area contributed by atoms with Crippen molar-refractivity contribution in [3.8, 4) is 16.9 Å². The summed E-state index contributed by atoms with van der Waals surface area (Å²) in [6.07, 6.45) is -2.80. The fourth-order valence-corrected chi connectivity index (χ4v) is 4.28. The largest absolute Gasteiger partial charge is 0.482 e. The number of aliphatic hydroxyl groups is 1. The van der Waals surface area contributed by atoms with E-state index >= 15 is 0 Å². The number of pyridine rings is 1. The monoisotopic (exact) mass is 622 g/mol. The summed E-state index contributed by atoms with van der Waals surface area (Å²) in [6, 6.07) is 20.3. The molecule has 0 atom stereocenters. The third kappa shape index (κ3) is 8.32. The van der Waals surface area contributed by atoms with E-state index in [1.54, 1.807) is 36.5 Å². The number of alkyl halides is 3. The Morgan fingerprint density at radius 1 is 0.933 bits per heavy atom. The zero-order chi connectivity index (χ0) is 32.0. The highest BCUT2D eigenvalue weighted by Gasteiger charge is 2.29. The third-order valence-electron chi connectivity index (χ3n) is 6.39. The molecular formula is C31H26F4N6O4. The number of carbonyl (C=O) groups is 2. The van der Waals surface area contributed by atoms with Crippen LogP contribution in [0.25, 0.3) is 16.8 Å². The van der Waals surface area contributed by atoms with Gasteiger partial charge in [0.05, 0.1) is 18.7 Å². The van der Waals surface area contributed by atoms with Gasteiger partial charge in [0.15, 0.2) is 12.3 Å². The summed E-state index contributed by atoms with van der Waals surface area (Å²) in [5, 5.41) is 21.4. The van der Waals surface area contributed by atoms with Crippen molar-refractivity contribution in [1.82, 2.24) is 19.9 Å². The highest BCUT2D eigenvalue weighted by Crippen LogP contribution is 2.30. The third-order valence-corrected chi connectivity index (χ3v) is 6.39. The van der Waals surface area contributed by atoms with Gasteiger partial charge in [-0.05, 0) is 65.7 Å². The molecule has 2 aromatic heterocycles. The second kappa shape index (κ2) is 13.4. The molecule has 2 heterocycles. The van der Waals surface area contributed by atoms with Crippen LogP contribution < -0.4 is 20.7 Å². The number of carbonyl (C=O) groups excluding carboxylic acids is 2. The number of fused-ring (bicyclic) bond motifs is 1. The molecule has 5 aromatic rings. The number of anilines is 3. The van der Waals surface area contributed by atoms with E-state index in [0.29, 0.717) is 16.9 Å². The lowest BCUT2D eigenvalue weighted by Gasteiger charge is -2.14. The van der Waals surface area contributed by atoms with Gasteiger partial charge in [-0.2, -0.15) is 18.2 Å². The Kier molecular flexibility index (Phi) is 9.23. The minimum Gasteiger partial charge on any atom is -0.482 e. The molecular weight excluding hydrogens is 596 g/mol. The van der Waals surface area contributed by atoms with Crippen LogP contribution in [0.1, 0.15) is 15.9 Å². The Morgan fingerprint density at radius 2 is 1.67 bits per heavy atom. The molecule has 0 radical (unpaired) electrons. The number of aliphatic hydroxyl groups excluding tert-OH is 1. The van der Waals surface area contributed by atoms with Crippen molar-refractivity contribution in [2.75, 3.05) is 30.4 Å². The molecule has 14 heteroatoms. The Labute approximate surface area is 253 Å². The predicted octanol–water partition coefficient (Wildman–Crippen LogP) is 5.12. The topological polar surface area (TPSA) is 130 Å². The van der Waals surface area contributed by atoms with Crippen LogP contribution in [-0.2, 0) is 11.2 Å². The van der Waals surface area contributed by atoms with E-state index in [1.807, 2.05) is 18.2 Å². The number of hydrogen-bond donors (Lipinski definition) is 4. The van der Waals surface area contributed by atoms with Crippen molar-refractivity contribution in [3.05, 3.63) is 102 Å². The van der Waals surface area contributed by atoms with Crippen LogP contribution >= 0.6 is 0 Å². The van der Waals surface area contributed by atoms with Gasteiger partial charge in [-0.1, -0.05) is 24.3 Å². The Balaban J connectivity index is 1.29. The molecule has 4 N–H and O–H groups in total. The molecule has 232 valence electrons. The first-order valence-corrected chi connectivity index (χ1v) is 13.6. The molecule has 0 unspecified atom stereocenters. The minimum absolute atomic E-state index is 0.0235. The number of ether oxygens (including phenoxy) is 1. The predicted molar refractivity (Wildman–Crippen MR) is 158 cm³/mol. The molecule has 0 bridgehead atoms. The van der Waals surface area contributed by atoms with Gasteiger partial charge < -0.3 is 25.8 Å².